The molecule has 0 amide bonds. The van der Waals surface area contributed by atoms with Crippen molar-refractivity contribution < 1.29 is 14.6 Å². The molecule has 3 aliphatic carbocycles. The summed E-state index contributed by atoms with van der Waals surface area (Å²) in [5.74, 6) is 3.88. The number of carbonyl (C=O) groups is 1. The summed E-state index contributed by atoms with van der Waals surface area (Å²) >= 11 is 0. The van der Waals surface area contributed by atoms with E-state index in [4.69, 9.17) is 4.74 Å². The molecule has 0 radical (unpaired) electrons. The van der Waals surface area contributed by atoms with Crippen molar-refractivity contribution in [3.05, 3.63) is 0 Å². The van der Waals surface area contributed by atoms with Crippen LogP contribution in [-0.4, -0.2) is 23.3 Å². The molecule has 0 aromatic carbocycles. The zero-order valence-corrected chi connectivity index (χ0v) is 17.8. The second-order valence-corrected chi connectivity index (χ2v) is 10.5. The van der Waals surface area contributed by atoms with Crippen molar-refractivity contribution in [1.29, 1.82) is 0 Å². The van der Waals surface area contributed by atoms with Gasteiger partial charge in [-0.05, 0) is 67.6 Å². The van der Waals surface area contributed by atoms with E-state index in [1.807, 2.05) is 0 Å². The molecule has 3 fully saturated rings. The molecular weight excluding hydrogens is 324 g/mol. The molecule has 0 aromatic heterocycles. The third-order valence-corrected chi connectivity index (χ3v) is 8.60. The van der Waals surface area contributed by atoms with Crippen molar-refractivity contribution in [3.8, 4) is 0 Å². The summed E-state index contributed by atoms with van der Waals surface area (Å²) in [6.07, 6.45) is 5.95. The molecule has 1 N–H and O–H groups in total. The second-order valence-electron chi connectivity index (χ2n) is 10.5. The van der Waals surface area contributed by atoms with E-state index in [1.165, 1.54) is 6.42 Å². The van der Waals surface area contributed by atoms with Gasteiger partial charge in [0.25, 0.3) is 0 Å². The average Bonchev–Trinajstić information content (AvgIpc) is 2.99. The summed E-state index contributed by atoms with van der Waals surface area (Å²) in [6, 6.07) is 0. The lowest BCUT2D eigenvalue weighted by Gasteiger charge is -2.36. The number of hydrogen-bond donors (Lipinski definition) is 1. The maximum absolute atomic E-state index is 12.4. The van der Waals surface area contributed by atoms with Gasteiger partial charge in [-0.25, -0.2) is 0 Å². The van der Waals surface area contributed by atoms with E-state index in [0.29, 0.717) is 54.5 Å². The first kappa shape index (κ1) is 20.2. The van der Waals surface area contributed by atoms with Crippen molar-refractivity contribution in [1.82, 2.24) is 0 Å². The summed E-state index contributed by atoms with van der Waals surface area (Å²) in [5, 5.41) is 11.0. The fraction of sp³-hybridized carbons (Fsp3) is 0.957. The van der Waals surface area contributed by atoms with Crippen LogP contribution in [0, 0.1) is 46.8 Å². The Bertz CT molecular complexity index is 526. The summed E-state index contributed by atoms with van der Waals surface area (Å²) in [6.45, 7) is 13.9. The van der Waals surface area contributed by atoms with E-state index in [1.54, 1.807) is 0 Å². The maximum atomic E-state index is 12.4. The van der Waals surface area contributed by atoms with Gasteiger partial charge in [-0.1, -0.05) is 47.5 Å². The summed E-state index contributed by atoms with van der Waals surface area (Å²) in [4.78, 5) is 12.4. The van der Waals surface area contributed by atoms with Crippen molar-refractivity contribution in [2.75, 3.05) is 6.61 Å². The van der Waals surface area contributed by atoms with E-state index in [-0.39, 0.29) is 11.4 Å². The zero-order valence-electron chi connectivity index (χ0n) is 17.8. The number of fused-ring (bicyclic) bond motifs is 3. The number of carbonyl (C=O) groups excluding carboxylic acids is 1. The lowest BCUT2D eigenvalue weighted by molar-refractivity contribution is -0.147. The smallest absolute Gasteiger partial charge is 0.306 e. The molecule has 0 aliphatic heterocycles. The van der Waals surface area contributed by atoms with Gasteiger partial charge in [-0.15, -0.1) is 0 Å². The van der Waals surface area contributed by atoms with Crippen molar-refractivity contribution in [2.24, 2.45) is 46.8 Å². The molecular formula is C23H40O3. The minimum absolute atomic E-state index is 0.0174. The molecule has 0 spiro atoms. The Morgan fingerprint density at radius 1 is 1.19 bits per heavy atom. The van der Waals surface area contributed by atoms with Crippen LogP contribution in [0.3, 0.4) is 0 Å². The first-order valence-electron chi connectivity index (χ1n) is 11.0. The topological polar surface area (TPSA) is 46.5 Å². The number of esters is 1. The Balaban J connectivity index is 1.63. The third-order valence-electron chi connectivity index (χ3n) is 8.60. The highest BCUT2D eigenvalue weighted by Gasteiger charge is 2.69. The van der Waals surface area contributed by atoms with Crippen LogP contribution in [0.25, 0.3) is 0 Å². The first-order valence-corrected chi connectivity index (χ1v) is 11.0. The SMILES string of the molecule is CCC(CC(=O)OC[C@@]1(C)[C@H]2[C@@H]3[C@H](C)CC[C@@H]3[C@](C)(O)CC[C@H]21)C(C)C. The van der Waals surface area contributed by atoms with Crippen LogP contribution in [0.4, 0.5) is 0 Å². The highest BCUT2D eigenvalue weighted by molar-refractivity contribution is 5.69. The summed E-state index contributed by atoms with van der Waals surface area (Å²) < 4.78 is 5.82. The van der Waals surface area contributed by atoms with E-state index < -0.39 is 5.60 Å². The molecule has 3 saturated carbocycles. The van der Waals surface area contributed by atoms with Gasteiger partial charge in [0.05, 0.1) is 12.2 Å². The van der Waals surface area contributed by atoms with E-state index >= 15 is 0 Å². The minimum atomic E-state index is -0.508. The van der Waals surface area contributed by atoms with Crippen molar-refractivity contribution >= 4 is 5.97 Å². The van der Waals surface area contributed by atoms with Crippen LogP contribution in [-0.2, 0) is 9.53 Å². The van der Waals surface area contributed by atoms with Crippen molar-refractivity contribution in [2.45, 2.75) is 85.7 Å². The van der Waals surface area contributed by atoms with Crippen LogP contribution in [0.2, 0.25) is 0 Å². The Hall–Kier alpha value is -0.570. The Morgan fingerprint density at radius 3 is 2.50 bits per heavy atom. The van der Waals surface area contributed by atoms with Crippen LogP contribution < -0.4 is 0 Å². The number of rotatable bonds is 6. The number of ether oxygens (including phenoxy) is 1. The Labute approximate surface area is 160 Å². The molecule has 0 heterocycles. The monoisotopic (exact) mass is 364 g/mol. The average molecular weight is 365 g/mol. The van der Waals surface area contributed by atoms with Gasteiger partial charge >= 0.3 is 5.97 Å². The molecule has 3 aliphatic rings. The number of aliphatic hydroxyl groups is 1. The standard InChI is InChI=1S/C23H40O3/c1-7-16(14(2)3)12-19(24)26-13-22(5)18-10-11-23(6,25)17-9-8-15(4)20(17)21(18)22/h14-18,20-21,25H,7-13H2,1-6H3/t15-,16?,17+,18-,20-,21-,22-,23-/m1/s1. The Morgan fingerprint density at radius 2 is 1.88 bits per heavy atom. The summed E-state index contributed by atoms with van der Waals surface area (Å²) in [5.41, 5.74) is -0.376. The lowest BCUT2D eigenvalue weighted by atomic mass is 9.74. The van der Waals surface area contributed by atoms with Gasteiger partial charge in [0.15, 0.2) is 0 Å². The van der Waals surface area contributed by atoms with Gasteiger partial charge in [0, 0.05) is 11.8 Å². The first-order chi connectivity index (χ1) is 12.1. The van der Waals surface area contributed by atoms with Crippen LogP contribution in [0.15, 0.2) is 0 Å². The van der Waals surface area contributed by atoms with Crippen LogP contribution in [0.1, 0.15) is 80.1 Å². The highest BCUT2D eigenvalue weighted by atomic mass is 16.5. The second kappa shape index (κ2) is 7.11. The minimum Gasteiger partial charge on any atom is -0.465 e. The predicted octanol–water partition coefficient (Wildman–Crippen LogP) is 5.06. The molecule has 0 aromatic rings. The van der Waals surface area contributed by atoms with Gasteiger partial charge in [-0.2, -0.15) is 0 Å². The van der Waals surface area contributed by atoms with Gasteiger partial charge in [0.2, 0.25) is 0 Å². The van der Waals surface area contributed by atoms with Gasteiger partial charge in [-0.3, -0.25) is 4.79 Å². The normalized spacial score (nSPS) is 45.6. The maximum Gasteiger partial charge on any atom is 0.306 e. The molecule has 1 unspecified atom stereocenters. The summed E-state index contributed by atoms with van der Waals surface area (Å²) in [7, 11) is 0. The number of hydrogen-bond acceptors (Lipinski definition) is 3. The largest absolute Gasteiger partial charge is 0.465 e. The molecule has 8 atom stereocenters. The van der Waals surface area contributed by atoms with E-state index in [2.05, 4.69) is 41.5 Å². The highest BCUT2D eigenvalue weighted by Crippen LogP contribution is 2.71. The predicted molar refractivity (Wildman–Crippen MR) is 105 cm³/mol. The fourth-order valence-corrected chi connectivity index (χ4v) is 6.67. The van der Waals surface area contributed by atoms with E-state index in [9.17, 15) is 9.90 Å². The van der Waals surface area contributed by atoms with E-state index in [0.717, 1.165) is 25.7 Å². The van der Waals surface area contributed by atoms with Crippen LogP contribution >= 0.6 is 0 Å². The zero-order chi connectivity index (χ0) is 19.3. The molecule has 3 rings (SSSR count). The molecule has 3 nitrogen and oxygen atoms in total. The van der Waals surface area contributed by atoms with Gasteiger partial charge in [0.1, 0.15) is 0 Å². The molecule has 3 heteroatoms. The van der Waals surface area contributed by atoms with Crippen LogP contribution in [0.5, 0.6) is 0 Å². The Kier molecular flexibility index (Phi) is 5.52. The molecule has 0 bridgehead atoms. The molecule has 0 saturated heterocycles. The van der Waals surface area contributed by atoms with Gasteiger partial charge < -0.3 is 9.84 Å². The third kappa shape index (κ3) is 3.45. The molecule has 150 valence electrons. The fourth-order valence-electron chi connectivity index (χ4n) is 6.67. The van der Waals surface area contributed by atoms with Crippen molar-refractivity contribution in [3.63, 3.8) is 0 Å². The quantitative estimate of drug-likeness (QED) is 0.670. The lowest BCUT2D eigenvalue weighted by Crippen LogP contribution is -2.38. The molecule has 26 heavy (non-hydrogen) atoms.